The lowest BCUT2D eigenvalue weighted by molar-refractivity contribution is -0.139. The van der Waals surface area contributed by atoms with Gasteiger partial charge in [0.1, 0.15) is 17.3 Å². The number of aromatic nitrogens is 1. The van der Waals surface area contributed by atoms with E-state index >= 15 is 0 Å². The first-order valence-electron chi connectivity index (χ1n) is 12.5. The number of hydrogen-bond donors (Lipinski definition) is 0. The number of carbonyl (C=O) groups excluding carboxylic acids is 2. The molecule has 10 heteroatoms. The van der Waals surface area contributed by atoms with Gasteiger partial charge in [-0.2, -0.15) is 0 Å². The van der Waals surface area contributed by atoms with E-state index in [2.05, 4.69) is 4.99 Å². The minimum atomic E-state index is -0.758. The van der Waals surface area contributed by atoms with E-state index in [1.165, 1.54) is 23.0 Å². The average Bonchev–Trinajstić information content (AvgIpc) is 3.56. The molecule has 0 spiro atoms. The Kier molecular flexibility index (Phi) is 7.52. The molecular weight excluding hydrogens is 532 g/mol. The summed E-state index contributed by atoms with van der Waals surface area (Å²) in [6.07, 6.45) is 1.63. The summed E-state index contributed by atoms with van der Waals surface area (Å²) in [7, 11) is 2.87. The molecule has 1 unspecified atom stereocenters. The van der Waals surface area contributed by atoms with Crippen molar-refractivity contribution in [1.82, 2.24) is 4.57 Å². The third kappa shape index (κ3) is 4.89. The van der Waals surface area contributed by atoms with Crippen LogP contribution in [0, 0.1) is 0 Å². The van der Waals surface area contributed by atoms with Crippen molar-refractivity contribution in [2.75, 3.05) is 20.8 Å². The van der Waals surface area contributed by atoms with Crippen molar-refractivity contribution in [2.24, 2.45) is 4.99 Å². The van der Waals surface area contributed by atoms with Crippen LogP contribution >= 0.6 is 11.3 Å². The van der Waals surface area contributed by atoms with E-state index in [4.69, 9.17) is 18.6 Å². The van der Waals surface area contributed by atoms with Crippen LogP contribution in [0.25, 0.3) is 17.4 Å². The molecule has 2 aromatic heterocycles. The molecule has 5 rings (SSSR count). The summed E-state index contributed by atoms with van der Waals surface area (Å²) in [6.45, 7) is 3.64. The lowest BCUT2D eigenvalue weighted by atomic mass is 9.95. The number of allylic oxidation sites excluding steroid dienone is 1. The van der Waals surface area contributed by atoms with E-state index in [0.29, 0.717) is 49.0 Å². The van der Waals surface area contributed by atoms with E-state index in [0.717, 1.165) is 0 Å². The molecule has 0 radical (unpaired) electrons. The van der Waals surface area contributed by atoms with E-state index in [1.807, 2.05) is 6.07 Å². The number of fused-ring (bicyclic) bond motifs is 1. The quantitative estimate of drug-likeness (QED) is 0.317. The molecule has 0 N–H and O–H groups in total. The van der Waals surface area contributed by atoms with Gasteiger partial charge in [-0.05, 0) is 49.7 Å². The van der Waals surface area contributed by atoms with Gasteiger partial charge < -0.3 is 18.6 Å². The maximum absolute atomic E-state index is 13.8. The van der Waals surface area contributed by atoms with Crippen LogP contribution in [-0.2, 0) is 14.3 Å². The maximum Gasteiger partial charge on any atom is 0.338 e. The lowest BCUT2D eigenvalue weighted by Crippen LogP contribution is -2.39. The van der Waals surface area contributed by atoms with Crippen molar-refractivity contribution < 1.29 is 28.2 Å². The largest absolute Gasteiger partial charge is 0.497 e. The third-order valence-electron chi connectivity index (χ3n) is 6.42. The Morgan fingerprint density at radius 3 is 2.62 bits per heavy atom. The number of rotatable bonds is 7. The van der Waals surface area contributed by atoms with Gasteiger partial charge in [0.2, 0.25) is 0 Å². The molecule has 1 aliphatic rings. The average molecular weight is 559 g/mol. The lowest BCUT2D eigenvalue weighted by Gasteiger charge is -2.24. The Hall–Kier alpha value is -4.70. The molecule has 3 heterocycles. The Bertz CT molecular complexity index is 1830. The Morgan fingerprint density at radius 2 is 1.88 bits per heavy atom. The summed E-state index contributed by atoms with van der Waals surface area (Å²) in [6, 6.07) is 16.9. The topological polar surface area (TPSA) is 109 Å². The van der Waals surface area contributed by atoms with Crippen molar-refractivity contribution in [3.8, 4) is 17.1 Å². The predicted molar refractivity (Wildman–Crippen MR) is 149 cm³/mol. The van der Waals surface area contributed by atoms with Gasteiger partial charge in [0, 0.05) is 11.6 Å². The second-order valence-corrected chi connectivity index (χ2v) is 9.83. The van der Waals surface area contributed by atoms with E-state index in [1.54, 1.807) is 81.6 Å². The molecule has 0 aliphatic carbocycles. The van der Waals surface area contributed by atoms with Crippen molar-refractivity contribution >= 4 is 29.4 Å². The zero-order valence-electron chi connectivity index (χ0n) is 22.3. The first-order chi connectivity index (χ1) is 19.4. The Balaban J connectivity index is 1.63. The normalized spacial score (nSPS) is 14.9. The smallest absolute Gasteiger partial charge is 0.338 e. The number of methoxy groups -OCH3 is 2. The van der Waals surface area contributed by atoms with E-state index in [9.17, 15) is 14.4 Å². The highest BCUT2D eigenvalue weighted by atomic mass is 32.1. The SMILES string of the molecule is CCOC(=O)C1=C(C)N=c2sc(=Cc3ccc(-c4ccccc4C(=O)OC)o3)c(=O)n2C1c1cccc(OC)c1. The second-order valence-electron chi connectivity index (χ2n) is 8.82. The molecule has 1 atom stereocenters. The summed E-state index contributed by atoms with van der Waals surface area (Å²) in [4.78, 5) is 44.1. The summed E-state index contributed by atoms with van der Waals surface area (Å²) in [5.74, 6) is 0.444. The minimum Gasteiger partial charge on any atom is -0.497 e. The van der Waals surface area contributed by atoms with Gasteiger partial charge in [0.05, 0.1) is 48.2 Å². The number of carbonyl (C=O) groups is 2. The summed E-state index contributed by atoms with van der Waals surface area (Å²) >= 11 is 1.19. The number of furan rings is 1. The minimum absolute atomic E-state index is 0.185. The van der Waals surface area contributed by atoms with E-state index < -0.39 is 18.0 Å². The van der Waals surface area contributed by atoms with Crippen LogP contribution in [0.3, 0.4) is 0 Å². The highest BCUT2D eigenvalue weighted by Gasteiger charge is 2.33. The van der Waals surface area contributed by atoms with Crippen molar-refractivity contribution in [2.45, 2.75) is 19.9 Å². The number of ether oxygens (including phenoxy) is 3. The molecule has 4 aromatic rings. The van der Waals surface area contributed by atoms with Gasteiger partial charge >= 0.3 is 11.9 Å². The number of nitrogens with zero attached hydrogens (tertiary/aromatic N) is 2. The van der Waals surface area contributed by atoms with Gasteiger partial charge in [-0.1, -0.05) is 41.7 Å². The van der Waals surface area contributed by atoms with Crippen LogP contribution in [0.5, 0.6) is 5.75 Å². The van der Waals surface area contributed by atoms with Gasteiger partial charge in [-0.3, -0.25) is 9.36 Å². The van der Waals surface area contributed by atoms with Crippen LogP contribution in [0.2, 0.25) is 0 Å². The van der Waals surface area contributed by atoms with Crippen LogP contribution in [0.15, 0.2) is 86.1 Å². The zero-order chi connectivity index (χ0) is 28.4. The molecule has 2 aromatic carbocycles. The summed E-state index contributed by atoms with van der Waals surface area (Å²) in [5.41, 5.74) is 2.05. The van der Waals surface area contributed by atoms with Gasteiger partial charge in [0.25, 0.3) is 5.56 Å². The molecule has 40 heavy (non-hydrogen) atoms. The highest BCUT2D eigenvalue weighted by molar-refractivity contribution is 7.07. The van der Waals surface area contributed by atoms with Crippen LogP contribution in [-0.4, -0.2) is 37.3 Å². The predicted octanol–water partition coefficient (Wildman–Crippen LogP) is 3.85. The molecule has 1 aliphatic heterocycles. The van der Waals surface area contributed by atoms with Crippen LogP contribution in [0.4, 0.5) is 0 Å². The number of thiazole rings is 1. The summed E-state index contributed by atoms with van der Waals surface area (Å²) < 4.78 is 23.5. The molecule has 0 bridgehead atoms. The van der Waals surface area contributed by atoms with Crippen LogP contribution in [0.1, 0.15) is 41.6 Å². The number of hydrogen-bond acceptors (Lipinski definition) is 9. The monoisotopic (exact) mass is 558 g/mol. The van der Waals surface area contributed by atoms with Gasteiger partial charge in [0.15, 0.2) is 4.80 Å². The maximum atomic E-state index is 13.8. The number of esters is 2. The fourth-order valence-electron chi connectivity index (χ4n) is 4.61. The van der Waals surface area contributed by atoms with Gasteiger partial charge in [-0.15, -0.1) is 0 Å². The standard InChI is InChI=1S/C30H26N2O7S/c1-5-38-29(35)25-17(2)31-30-32(26(25)18-9-8-10-19(15-18)36-3)27(33)24(40-30)16-20-13-14-23(39-20)21-11-6-7-12-22(21)28(34)37-4/h6-16,26H,5H2,1-4H3. The van der Waals surface area contributed by atoms with Crippen LogP contribution < -0.4 is 19.6 Å². The molecular formula is C30H26N2O7S. The van der Waals surface area contributed by atoms with Gasteiger partial charge in [-0.25, -0.2) is 14.6 Å². The Morgan fingerprint density at radius 1 is 1.07 bits per heavy atom. The second kappa shape index (κ2) is 11.2. The molecule has 0 fully saturated rings. The summed E-state index contributed by atoms with van der Waals surface area (Å²) in [5, 5.41) is 0. The molecule has 0 saturated carbocycles. The van der Waals surface area contributed by atoms with Crippen molar-refractivity contribution in [1.29, 1.82) is 0 Å². The molecule has 9 nitrogen and oxygen atoms in total. The fraction of sp³-hybridized carbons (Fsp3) is 0.200. The first kappa shape index (κ1) is 26.9. The first-order valence-corrected chi connectivity index (χ1v) is 13.3. The fourth-order valence-corrected chi connectivity index (χ4v) is 5.64. The van der Waals surface area contributed by atoms with Crippen molar-refractivity contribution in [3.63, 3.8) is 0 Å². The molecule has 204 valence electrons. The highest BCUT2D eigenvalue weighted by Crippen LogP contribution is 2.32. The van der Waals surface area contributed by atoms with Crippen molar-refractivity contribution in [3.05, 3.63) is 109 Å². The van der Waals surface area contributed by atoms with E-state index in [-0.39, 0.29) is 17.7 Å². The zero-order valence-corrected chi connectivity index (χ0v) is 23.1. The number of benzene rings is 2. The molecule has 0 amide bonds. The third-order valence-corrected chi connectivity index (χ3v) is 7.41. The molecule has 0 saturated heterocycles. The Labute approximate surface area is 233 Å².